The van der Waals surface area contributed by atoms with Gasteiger partial charge in [0, 0.05) is 19.9 Å². The van der Waals surface area contributed by atoms with Crippen LogP contribution >= 0.6 is 0 Å². The van der Waals surface area contributed by atoms with E-state index in [4.69, 9.17) is 4.74 Å². The number of ether oxygens (including phenoxy) is 1. The number of imidazole rings is 1. The van der Waals surface area contributed by atoms with Crippen LogP contribution in [0.25, 0.3) is 0 Å². The monoisotopic (exact) mass is 154 g/mol. The molecule has 1 rings (SSSR count). The highest BCUT2D eigenvalue weighted by molar-refractivity contribution is 5.00. The number of hydrogen-bond acceptors (Lipinski definition) is 2. The van der Waals surface area contributed by atoms with E-state index in [2.05, 4.69) is 16.5 Å². The van der Waals surface area contributed by atoms with E-state index in [9.17, 15) is 0 Å². The number of rotatable bonds is 3. The molecular weight excluding hydrogens is 140 g/mol. The van der Waals surface area contributed by atoms with Gasteiger partial charge in [-0.1, -0.05) is 0 Å². The van der Waals surface area contributed by atoms with E-state index in [1.54, 1.807) is 7.11 Å². The molecule has 0 saturated heterocycles. The highest BCUT2D eigenvalue weighted by atomic mass is 16.5. The van der Waals surface area contributed by atoms with Crippen molar-refractivity contribution < 1.29 is 4.74 Å². The average molecular weight is 154 g/mol. The van der Waals surface area contributed by atoms with Gasteiger partial charge < -0.3 is 9.30 Å². The van der Waals surface area contributed by atoms with Crippen LogP contribution in [0, 0.1) is 6.92 Å². The molecule has 3 nitrogen and oxygen atoms in total. The molecule has 0 spiro atoms. The lowest BCUT2D eigenvalue weighted by atomic mass is 10.6. The predicted molar refractivity (Wildman–Crippen MR) is 43.4 cm³/mol. The fraction of sp³-hybridized carbons (Fsp3) is 0.625. The summed E-state index contributed by atoms with van der Waals surface area (Å²) < 4.78 is 7.10. The first-order valence-corrected chi connectivity index (χ1v) is 3.79. The summed E-state index contributed by atoms with van der Waals surface area (Å²) in [6.07, 6.45) is 2.04. The summed E-state index contributed by atoms with van der Waals surface area (Å²) in [5.41, 5.74) is 1.05. The quantitative estimate of drug-likeness (QED) is 0.657. The molecule has 0 N–H and O–H groups in total. The molecule has 0 fully saturated rings. The number of hydrogen-bond donors (Lipinski definition) is 0. The maximum atomic E-state index is 5.00. The first kappa shape index (κ1) is 8.27. The largest absolute Gasteiger partial charge is 0.377 e. The number of methoxy groups -OCH3 is 1. The standard InChI is InChI=1S/C8H14N2O/c1-4-10-5-7(2)9-8(10)6-11-3/h5H,4,6H2,1-3H3. The summed E-state index contributed by atoms with van der Waals surface area (Å²) in [6, 6.07) is 0. The molecule has 1 heterocycles. The highest BCUT2D eigenvalue weighted by Crippen LogP contribution is 2.02. The Balaban J connectivity index is 2.83. The maximum absolute atomic E-state index is 5.00. The minimum atomic E-state index is 0.599. The van der Waals surface area contributed by atoms with Gasteiger partial charge in [0.1, 0.15) is 12.4 Å². The van der Waals surface area contributed by atoms with Gasteiger partial charge in [-0.25, -0.2) is 4.98 Å². The van der Waals surface area contributed by atoms with E-state index in [0.717, 1.165) is 18.1 Å². The molecule has 0 aliphatic carbocycles. The molecule has 0 saturated carbocycles. The molecular formula is C8H14N2O. The van der Waals surface area contributed by atoms with Crippen LogP contribution in [0.15, 0.2) is 6.20 Å². The Labute approximate surface area is 67.0 Å². The van der Waals surface area contributed by atoms with Gasteiger partial charge in [-0.15, -0.1) is 0 Å². The third-order valence-electron chi connectivity index (χ3n) is 1.59. The molecule has 0 bridgehead atoms. The van der Waals surface area contributed by atoms with Crippen LogP contribution in [0.1, 0.15) is 18.4 Å². The zero-order chi connectivity index (χ0) is 8.27. The SMILES string of the molecule is CCn1cc(C)nc1COC. The summed E-state index contributed by atoms with van der Waals surface area (Å²) in [5.74, 6) is 1.01. The van der Waals surface area contributed by atoms with Crippen molar-refractivity contribution in [1.82, 2.24) is 9.55 Å². The third kappa shape index (κ3) is 1.80. The molecule has 3 heteroatoms. The van der Waals surface area contributed by atoms with Gasteiger partial charge in [-0.2, -0.15) is 0 Å². The van der Waals surface area contributed by atoms with Crippen LogP contribution in [0.5, 0.6) is 0 Å². The zero-order valence-corrected chi connectivity index (χ0v) is 7.29. The van der Waals surface area contributed by atoms with Gasteiger partial charge in [0.2, 0.25) is 0 Å². The average Bonchev–Trinajstić information content (AvgIpc) is 2.32. The lowest BCUT2D eigenvalue weighted by Crippen LogP contribution is -2.01. The summed E-state index contributed by atoms with van der Waals surface area (Å²) in [5, 5.41) is 0. The lowest BCUT2D eigenvalue weighted by molar-refractivity contribution is 0.174. The van der Waals surface area contributed by atoms with Crippen LogP contribution in [0.2, 0.25) is 0 Å². The van der Waals surface area contributed by atoms with E-state index in [1.165, 1.54) is 0 Å². The first-order valence-electron chi connectivity index (χ1n) is 3.79. The van der Waals surface area contributed by atoms with Gasteiger partial charge >= 0.3 is 0 Å². The van der Waals surface area contributed by atoms with Crippen molar-refractivity contribution in [3.8, 4) is 0 Å². The zero-order valence-electron chi connectivity index (χ0n) is 7.29. The summed E-state index contributed by atoms with van der Waals surface area (Å²) in [4.78, 5) is 4.31. The van der Waals surface area contributed by atoms with Gasteiger partial charge in [-0.3, -0.25) is 0 Å². The Kier molecular flexibility index (Phi) is 2.65. The van der Waals surface area contributed by atoms with Crippen molar-refractivity contribution in [3.63, 3.8) is 0 Å². The Morgan fingerprint density at radius 1 is 1.64 bits per heavy atom. The predicted octanol–water partition coefficient (Wildman–Crippen LogP) is 1.36. The number of nitrogens with zero attached hydrogens (tertiary/aromatic N) is 2. The Morgan fingerprint density at radius 3 is 2.91 bits per heavy atom. The van der Waals surface area contributed by atoms with E-state index >= 15 is 0 Å². The smallest absolute Gasteiger partial charge is 0.135 e. The Hall–Kier alpha value is -0.830. The number of aryl methyl sites for hydroxylation is 2. The van der Waals surface area contributed by atoms with E-state index < -0.39 is 0 Å². The van der Waals surface area contributed by atoms with Crippen molar-refractivity contribution in [2.24, 2.45) is 0 Å². The molecule has 0 amide bonds. The molecule has 0 aliphatic rings. The van der Waals surface area contributed by atoms with Gasteiger partial charge in [0.15, 0.2) is 0 Å². The van der Waals surface area contributed by atoms with Crippen molar-refractivity contribution in [1.29, 1.82) is 0 Å². The van der Waals surface area contributed by atoms with Crippen LogP contribution in [0.4, 0.5) is 0 Å². The van der Waals surface area contributed by atoms with E-state index in [1.807, 2.05) is 13.1 Å². The summed E-state index contributed by atoms with van der Waals surface area (Å²) in [7, 11) is 1.68. The summed E-state index contributed by atoms with van der Waals surface area (Å²) in [6.45, 7) is 5.65. The normalized spacial score (nSPS) is 10.5. The molecule has 0 aliphatic heterocycles. The van der Waals surface area contributed by atoms with Gasteiger partial charge in [-0.05, 0) is 13.8 Å². The fourth-order valence-electron chi connectivity index (χ4n) is 1.11. The highest BCUT2D eigenvalue weighted by Gasteiger charge is 2.01. The van der Waals surface area contributed by atoms with E-state index in [0.29, 0.717) is 6.61 Å². The third-order valence-corrected chi connectivity index (χ3v) is 1.59. The second kappa shape index (κ2) is 3.53. The first-order chi connectivity index (χ1) is 5.27. The molecule has 11 heavy (non-hydrogen) atoms. The van der Waals surface area contributed by atoms with Crippen molar-refractivity contribution >= 4 is 0 Å². The molecule has 0 radical (unpaired) electrons. The Bertz CT molecular complexity index is 230. The van der Waals surface area contributed by atoms with Gasteiger partial charge in [0.25, 0.3) is 0 Å². The minimum absolute atomic E-state index is 0.599. The van der Waals surface area contributed by atoms with Crippen LogP contribution < -0.4 is 0 Å². The molecule has 1 aromatic rings. The minimum Gasteiger partial charge on any atom is -0.377 e. The molecule has 0 atom stereocenters. The molecule has 0 aromatic carbocycles. The maximum Gasteiger partial charge on any atom is 0.135 e. The van der Waals surface area contributed by atoms with Crippen molar-refractivity contribution in [3.05, 3.63) is 17.7 Å². The molecule has 62 valence electrons. The second-order valence-corrected chi connectivity index (χ2v) is 2.52. The summed E-state index contributed by atoms with van der Waals surface area (Å²) >= 11 is 0. The van der Waals surface area contributed by atoms with E-state index in [-0.39, 0.29) is 0 Å². The van der Waals surface area contributed by atoms with Crippen molar-refractivity contribution in [2.75, 3.05) is 7.11 Å². The van der Waals surface area contributed by atoms with Crippen LogP contribution in [-0.4, -0.2) is 16.7 Å². The topological polar surface area (TPSA) is 27.1 Å². The van der Waals surface area contributed by atoms with Crippen molar-refractivity contribution in [2.45, 2.75) is 27.0 Å². The van der Waals surface area contributed by atoms with Gasteiger partial charge in [0.05, 0.1) is 5.69 Å². The van der Waals surface area contributed by atoms with Crippen LogP contribution in [-0.2, 0) is 17.9 Å². The number of aromatic nitrogens is 2. The second-order valence-electron chi connectivity index (χ2n) is 2.52. The molecule has 0 unspecified atom stereocenters. The van der Waals surface area contributed by atoms with Crippen LogP contribution in [0.3, 0.4) is 0 Å². The Morgan fingerprint density at radius 2 is 2.36 bits per heavy atom. The fourth-order valence-corrected chi connectivity index (χ4v) is 1.11. The lowest BCUT2D eigenvalue weighted by Gasteiger charge is -2.01. The molecule has 1 aromatic heterocycles.